The van der Waals surface area contributed by atoms with Crippen molar-refractivity contribution in [3.05, 3.63) is 113 Å². The summed E-state index contributed by atoms with van der Waals surface area (Å²) < 4.78 is 24.1. The largest absolute Gasteiger partial charge is 0.497 e. The van der Waals surface area contributed by atoms with Gasteiger partial charge in [-0.25, -0.2) is 4.39 Å². The summed E-state index contributed by atoms with van der Waals surface area (Å²) in [6, 6.07) is 20.8. The molecule has 0 aliphatic carbocycles. The van der Waals surface area contributed by atoms with Crippen LogP contribution in [0.5, 0.6) is 11.5 Å². The number of hydrogen-bond acceptors (Lipinski definition) is 4. The highest BCUT2D eigenvalue weighted by Gasteiger charge is 2.11. The molecule has 0 aliphatic rings. The number of hydrogen-bond donors (Lipinski definition) is 1. The van der Waals surface area contributed by atoms with Crippen LogP contribution >= 0.6 is 0 Å². The van der Waals surface area contributed by atoms with Gasteiger partial charge in [0.1, 0.15) is 35.6 Å². The number of nitrogens with one attached hydrogen (secondary N) is 1. The lowest BCUT2D eigenvalue weighted by Crippen LogP contribution is -2.23. The summed E-state index contributed by atoms with van der Waals surface area (Å²) in [5.74, 6) is 0.630. The molecule has 1 N–H and O–H groups in total. The Hall–Kier alpha value is -4.37. The number of methoxy groups -OCH3 is 1. The lowest BCUT2D eigenvalue weighted by atomic mass is 10.0. The van der Waals surface area contributed by atoms with Crippen LogP contribution in [-0.4, -0.2) is 13.0 Å². The summed E-state index contributed by atoms with van der Waals surface area (Å²) in [4.78, 5) is 12.5. The summed E-state index contributed by atoms with van der Waals surface area (Å²) in [5, 5.41) is 12.3. The second kappa shape index (κ2) is 12.0. The Bertz CT molecular complexity index is 1210. The number of nitriles is 1. The molecule has 0 saturated heterocycles. The highest BCUT2D eigenvalue weighted by Crippen LogP contribution is 2.24. The Labute approximate surface area is 198 Å². The van der Waals surface area contributed by atoms with Gasteiger partial charge in [0.25, 0.3) is 5.91 Å². The smallest absolute Gasteiger partial charge is 0.262 e. The van der Waals surface area contributed by atoms with E-state index in [2.05, 4.69) is 11.9 Å². The zero-order valence-electron chi connectivity index (χ0n) is 18.9. The lowest BCUT2D eigenvalue weighted by Gasteiger charge is -2.12. The molecule has 5 nitrogen and oxygen atoms in total. The number of ether oxygens (including phenoxy) is 2. The molecule has 1 amide bonds. The Morgan fingerprint density at radius 3 is 2.44 bits per heavy atom. The molecule has 0 heterocycles. The molecular formula is C28H25FN2O3. The fraction of sp³-hybridized carbons (Fsp3) is 0.143. The molecule has 0 saturated carbocycles. The maximum atomic E-state index is 13.1. The minimum absolute atomic E-state index is 0.00181. The molecule has 3 rings (SSSR count). The van der Waals surface area contributed by atoms with Gasteiger partial charge in [0.2, 0.25) is 0 Å². The third kappa shape index (κ3) is 6.81. The van der Waals surface area contributed by atoms with Crippen molar-refractivity contribution in [3.8, 4) is 17.6 Å². The van der Waals surface area contributed by atoms with Gasteiger partial charge in [-0.2, -0.15) is 5.26 Å². The summed E-state index contributed by atoms with van der Waals surface area (Å²) in [6.07, 6.45) is 3.84. The quantitative estimate of drug-likeness (QED) is 0.253. The molecule has 0 atom stereocenters. The van der Waals surface area contributed by atoms with Crippen molar-refractivity contribution < 1.29 is 18.7 Å². The van der Waals surface area contributed by atoms with Crippen LogP contribution in [0.1, 0.15) is 22.3 Å². The molecule has 3 aromatic rings. The summed E-state index contributed by atoms with van der Waals surface area (Å²) in [5.41, 5.74) is 3.29. The predicted octanol–water partition coefficient (Wildman–Crippen LogP) is 5.37. The minimum atomic E-state index is -0.458. The van der Waals surface area contributed by atoms with E-state index in [0.717, 1.165) is 22.4 Å². The van der Waals surface area contributed by atoms with Crippen molar-refractivity contribution in [2.45, 2.75) is 19.6 Å². The second-order valence-electron chi connectivity index (χ2n) is 7.48. The van der Waals surface area contributed by atoms with Gasteiger partial charge in [-0.05, 0) is 71.1 Å². The molecule has 0 aromatic heterocycles. The fourth-order valence-corrected chi connectivity index (χ4v) is 3.22. The van der Waals surface area contributed by atoms with E-state index in [9.17, 15) is 14.4 Å². The van der Waals surface area contributed by atoms with E-state index in [-0.39, 0.29) is 18.0 Å². The van der Waals surface area contributed by atoms with E-state index in [4.69, 9.17) is 9.47 Å². The molecule has 34 heavy (non-hydrogen) atoms. The Morgan fingerprint density at radius 2 is 1.79 bits per heavy atom. The Morgan fingerprint density at radius 1 is 1.09 bits per heavy atom. The van der Waals surface area contributed by atoms with Gasteiger partial charge in [-0.3, -0.25) is 4.79 Å². The number of rotatable bonds is 10. The zero-order chi connectivity index (χ0) is 24.3. The van der Waals surface area contributed by atoms with Crippen LogP contribution in [0.4, 0.5) is 4.39 Å². The zero-order valence-corrected chi connectivity index (χ0v) is 18.9. The van der Waals surface area contributed by atoms with Crippen molar-refractivity contribution in [1.29, 1.82) is 5.26 Å². The van der Waals surface area contributed by atoms with Crippen LogP contribution in [0.2, 0.25) is 0 Å². The maximum Gasteiger partial charge on any atom is 0.262 e. The van der Waals surface area contributed by atoms with E-state index in [1.807, 2.05) is 36.4 Å². The third-order valence-electron chi connectivity index (χ3n) is 5.04. The number of amides is 1. The molecule has 0 bridgehead atoms. The first kappa shape index (κ1) is 24.3. The monoisotopic (exact) mass is 456 g/mol. The highest BCUT2D eigenvalue weighted by molar-refractivity contribution is 6.01. The van der Waals surface area contributed by atoms with Gasteiger partial charge >= 0.3 is 0 Å². The number of benzene rings is 3. The molecule has 6 heteroatoms. The topological polar surface area (TPSA) is 71.4 Å². The first-order valence-electron chi connectivity index (χ1n) is 10.7. The normalized spacial score (nSPS) is 10.8. The molecule has 0 fully saturated rings. The van der Waals surface area contributed by atoms with Crippen molar-refractivity contribution >= 4 is 12.0 Å². The van der Waals surface area contributed by atoms with Crippen molar-refractivity contribution in [1.82, 2.24) is 5.32 Å². The SMILES string of the molecule is C=CCc1cc(/C=C(/C#N)C(=O)NCc2ccc(OC)cc2)ccc1OCc1ccc(F)cc1. The highest BCUT2D eigenvalue weighted by atomic mass is 19.1. The molecule has 0 radical (unpaired) electrons. The van der Waals surface area contributed by atoms with Crippen LogP contribution in [0, 0.1) is 17.1 Å². The lowest BCUT2D eigenvalue weighted by molar-refractivity contribution is -0.117. The average Bonchev–Trinajstić information content (AvgIpc) is 2.86. The van der Waals surface area contributed by atoms with Gasteiger partial charge < -0.3 is 14.8 Å². The first-order valence-corrected chi connectivity index (χ1v) is 10.7. The predicted molar refractivity (Wildman–Crippen MR) is 130 cm³/mol. The van der Waals surface area contributed by atoms with Crippen LogP contribution in [-0.2, 0) is 24.4 Å². The number of halogens is 1. The van der Waals surface area contributed by atoms with Crippen LogP contribution in [0.25, 0.3) is 6.08 Å². The van der Waals surface area contributed by atoms with Crippen LogP contribution in [0.3, 0.4) is 0 Å². The third-order valence-corrected chi connectivity index (χ3v) is 5.04. The summed E-state index contributed by atoms with van der Waals surface area (Å²) in [6.45, 7) is 4.37. The van der Waals surface area contributed by atoms with E-state index in [1.54, 1.807) is 43.5 Å². The van der Waals surface area contributed by atoms with Gasteiger partial charge in [0.15, 0.2) is 0 Å². The van der Waals surface area contributed by atoms with Crippen molar-refractivity contribution in [2.75, 3.05) is 7.11 Å². The molecule has 0 unspecified atom stereocenters. The molecule has 0 spiro atoms. The molecular weight excluding hydrogens is 431 g/mol. The standard InChI is InChI=1S/C28H25FN2O3/c1-3-4-23-15-22(9-14-27(23)34-19-21-5-10-25(29)11-6-21)16-24(17-30)28(32)31-18-20-7-12-26(33-2)13-8-20/h3,5-16H,1,4,18-19H2,2H3,(H,31,32)/b24-16-. The number of allylic oxidation sites excluding steroid dienone is 1. The van der Waals surface area contributed by atoms with Crippen LogP contribution < -0.4 is 14.8 Å². The van der Waals surface area contributed by atoms with Gasteiger partial charge in [-0.1, -0.05) is 36.4 Å². The Balaban J connectivity index is 1.70. The minimum Gasteiger partial charge on any atom is -0.497 e. The van der Waals surface area contributed by atoms with E-state index < -0.39 is 5.91 Å². The van der Waals surface area contributed by atoms with Gasteiger partial charge in [0.05, 0.1) is 7.11 Å². The van der Waals surface area contributed by atoms with Crippen LogP contribution in [0.15, 0.2) is 85.0 Å². The van der Waals surface area contributed by atoms with E-state index in [1.165, 1.54) is 12.1 Å². The van der Waals surface area contributed by atoms with E-state index in [0.29, 0.717) is 24.3 Å². The molecule has 172 valence electrons. The fourth-order valence-electron chi connectivity index (χ4n) is 3.22. The van der Waals surface area contributed by atoms with Gasteiger partial charge in [0, 0.05) is 6.54 Å². The summed E-state index contributed by atoms with van der Waals surface area (Å²) >= 11 is 0. The Kier molecular flexibility index (Phi) is 8.59. The maximum absolute atomic E-state index is 13.1. The van der Waals surface area contributed by atoms with Crippen molar-refractivity contribution in [2.24, 2.45) is 0 Å². The number of carbonyl (C=O) groups excluding carboxylic acids is 1. The number of nitrogens with zero attached hydrogens (tertiary/aromatic N) is 1. The second-order valence-corrected chi connectivity index (χ2v) is 7.48. The van der Waals surface area contributed by atoms with E-state index >= 15 is 0 Å². The number of carbonyl (C=O) groups is 1. The van der Waals surface area contributed by atoms with Gasteiger partial charge in [-0.15, -0.1) is 6.58 Å². The molecule has 0 aliphatic heterocycles. The average molecular weight is 457 g/mol. The first-order chi connectivity index (χ1) is 16.5. The summed E-state index contributed by atoms with van der Waals surface area (Å²) in [7, 11) is 1.59. The molecule has 3 aromatic carbocycles. The van der Waals surface area contributed by atoms with Crippen molar-refractivity contribution in [3.63, 3.8) is 0 Å².